The Hall–Kier alpha value is -4.41. The van der Waals surface area contributed by atoms with Crippen LogP contribution in [0.5, 0.6) is 23.0 Å². The largest absolute Gasteiger partial charge is 0.454 e. The summed E-state index contributed by atoms with van der Waals surface area (Å²) in [6, 6.07) is 9.89. The van der Waals surface area contributed by atoms with Gasteiger partial charge in [0.2, 0.25) is 13.6 Å². The number of fused-ring (bicyclic) bond motifs is 2. The van der Waals surface area contributed by atoms with Gasteiger partial charge < -0.3 is 35.0 Å². The number of hydrogen-bond acceptors (Lipinski definition) is 7. The maximum absolute atomic E-state index is 12.4. The zero-order chi connectivity index (χ0) is 21.4. The topological polar surface area (TPSA) is 150 Å². The Bertz CT molecular complexity index is 1190. The van der Waals surface area contributed by atoms with Crippen molar-refractivity contribution in [1.82, 2.24) is 9.97 Å². The minimum Gasteiger partial charge on any atom is -0.454 e. The van der Waals surface area contributed by atoms with Gasteiger partial charge in [-0.25, -0.2) is 9.78 Å². The Labute approximate surface area is 175 Å². The average Bonchev–Trinajstić information content (AvgIpc) is 3.46. The van der Waals surface area contributed by atoms with E-state index in [1.54, 1.807) is 24.3 Å². The number of aromatic nitrogens is 2. The number of ether oxygens (including phenoxy) is 4. The SMILES string of the molecule is NC(=O)c1nc(Cc2ccc3c(c2)OCO3)[nH]c1NC(=O)Nc1ccc2c(c1)OCO2. The molecule has 0 spiro atoms. The lowest BCUT2D eigenvalue weighted by molar-refractivity contribution is 0.0996. The van der Waals surface area contributed by atoms with Crippen LogP contribution in [-0.4, -0.2) is 35.5 Å². The predicted molar refractivity (Wildman–Crippen MR) is 108 cm³/mol. The van der Waals surface area contributed by atoms with E-state index in [2.05, 4.69) is 20.6 Å². The third-order valence-electron chi connectivity index (χ3n) is 4.66. The molecular weight excluding hydrogens is 406 g/mol. The van der Waals surface area contributed by atoms with Crippen LogP contribution in [0.4, 0.5) is 16.3 Å². The number of aromatic amines is 1. The first-order valence-corrected chi connectivity index (χ1v) is 9.30. The lowest BCUT2D eigenvalue weighted by Crippen LogP contribution is -2.22. The molecule has 3 heterocycles. The van der Waals surface area contributed by atoms with E-state index in [-0.39, 0.29) is 25.1 Å². The lowest BCUT2D eigenvalue weighted by atomic mass is 10.1. The van der Waals surface area contributed by atoms with Crippen LogP contribution < -0.4 is 35.3 Å². The third-order valence-corrected chi connectivity index (χ3v) is 4.66. The van der Waals surface area contributed by atoms with E-state index in [9.17, 15) is 9.59 Å². The number of nitrogens with zero attached hydrogens (tertiary/aromatic N) is 1. The Morgan fingerprint density at radius 2 is 1.61 bits per heavy atom. The number of benzene rings is 2. The monoisotopic (exact) mass is 423 g/mol. The number of nitrogens with one attached hydrogen (secondary N) is 3. The van der Waals surface area contributed by atoms with Crippen molar-refractivity contribution >= 4 is 23.4 Å². The van der Waals surface area contributed by atoms with Gasteiger partial charge in [-0.3, -0.25) is 10.1 Å². The molecule has 0 saturated heterocycles. The number of anilines is 2. The van der Waals surface area contributed by atoms with E-state index in [0.717, 1.165) is 5.56 Å². The Morgan fingerprint density at radius 3 is 2.35 bits per heavy atom. The molecule has 5 N–H and O–H groups in total. The first-order chi connectivity index (χ1) is 15.0. The summed E-state index contributed by atoms with van der Waals surface area (Å²) in [7, 11) is 0. The molecule has 0 fully saturated rings. The smallest absolute Gasteiger partial charge is 0.324 e. The lowest BCUT2D eigenvalue weighted by Gasteiger charge is -2.07. The molecular formula is C20H17N5O6. The molecule has 0 atom stereocenters. The molecule has 3 aromatic rings. The number of nitrogens with two attached hydrogens (primary N) is 1. The number of urea groups is 1. The molecule has 158 valence electrons. The van der Waals surface area contributed by atoms with Crippen molar-refractivity contribution < 1.29 is 28.5 Å². The van der Waals surface area contributed by atoms with Crippen molar-refractivity contribution in [3.8, 4) is 23.0 Å². The van der Waals surface area contributed by atoms with Gasteiger partial charge in [0.05, 0.1) is 0 Å². The highest BCUT2D eigenvalue weighted by atomic mass is 16.7. The third kappa shape index (κ3) is 3.75. The van der Waals surface area contributed by atoms with E-state index < -0.39 is 11.9 Å². The van der Waals surface area contributed by atoms with Crippen LogP contribution in [0.3, 0.4) is 0 Å². The van der Waals surface area contributed by atoms with Gasteiger partial charge in [-0.05, 0) is 29.8 Å². The zero-order valence-electron chi connectivity index (χ0n) is 16.1. The second-order valence-electron chi connectivity index (χ2n) is 6.78. The maximum Gasteiger partial charge on any atom is 0.324 e. The summed E-state index contributed by atoms with van der Waals surface area (Å²) in [5.74, 6) is 2.22. The summed E-state index contributed by atoms with van der Waals surface area (Å²) in [6.45, 7) is 0.311. The molecule has 0 radical (unpaired) electrons. The van der Waals surface area contributed by atoms with Crippen LogP contribution in [0.15, 0.2) is 36.4 Å². The van der Waals surface area contributed by atoms with Gasteiger partial charge in [0, 0.05) is 18.2 Å². The van der Waals surface area contributed by atoms with Crippen LogP contribution in [0.1, 0.15) is 21.9 Å². The molecule has 1 aromatic heterocycles. The minimum absolute atomic E-state index is 0.0726. The normalized spacial score (nSPS) is 13.2. The number of carbonyl (C=O) groups excluding carboxylic acids is 2. The Morgan fingerprint density at radius 1 is 0.935 bits per heavy atom. The highest BCUT2D eigenvalue weighted by molar-refractivity contribution is 6.04. The molecule has 0 aliphatic carbocycles. The van der Waals surface area contributed by atoms with Crippen molar-refractivity contribution in [2.75, 3.05) is 24.2 Å². The summed E-state index contributed by atoms with van der Waals surface area (Å²) in [4.78, 5) is 31.4. The number of primary amides is 1. The first-order valence-electron chi connectivity index (χ1n) is 9.30. The van der Waals surface area contributed by atoms with Gasteiger partial charge in [-0.1, -0.05) is 6.07 Å². The minimum atomic E-state index is -0.772. The fourth-order valence-electron chi connectivity index (χ4n) is 3.27. The van der Waals surface area contributed by atoms with Crippen molar-refractivity contribution in [2.45, 2.75) is 6.42 Å². The predicted octanol–water partition coefficient (Wildman–Crippen LogP) is 2.20. The maximum atomic E-state index is 12.4. The fraction of sp³-hybridized carbons (Fsp3) is 0.150. The Kier molecular flexibility index (Phi) is 4.47. The van der Waals surface area contributed by atoms with Crippen LogP contribution in [0.25, 0.3) is 0 Å². The molecule has 31 heavy (non-hydrogen) atoms. The summed E-state index contributed by atoms with van der Waals surface area (Å²) >= 11 is 0. The van der Waals surface area contributed by atoms with Crippen molar-refractivity contribution in [3.05, 3.63) is 53.5 Å². The van der Waals surface area contributed by atoms with Gasteiger partial charge in [-0.15, -0.1) is 0 Å². The number of imidazole rings is 1. The van der Waals surface area contributed by atoms with E-state index >= 15 is 0 Å². The standard InChI is InChI=1S/C20H17N5O6/c21-18(26)17-19(25-20(27)22-11-2-4-13-15(7-11)31-9-29-13)24-16(23-17)6-10-1-3-12-14(5-10)30-8-28-12/h1-5,7H,6,8-9H2,(H2,21,26)(H,23,24)(H2,22,25,27). The molecule has 0 bridgehead atoms. The van der Waals surface area contributed by atoms with E-state index in [1.165, 1.54) is 0 Å². The molecule has 3 amide bonds. The molecule has 11 heteroatoms. The molecule has 5 rings (SSSR count). The molecule has 11 nitrogen and oxygen atoms in total. The van der Waals surface area contributed by atoms with Crippen molar-refractivity contribution in [1.29, 1.82) is 0 Å². The quantitative estimate of drug-likeness (QED) is 0.491. The second kappa shape index (κ2) is 7.44. The molecule has 2 aliphatic heterocycles. The average molecular weight is 423 g/mol. The zero-order valence-corrected chi connectivity index (χ0v) is 16.1. The molecule has 2 aliphatic rings. The number of H-pyrrole nitrogens is 1. The molecule has 2 aromatic carbocycles. The number of amides is 3. The highest BCUT2D eigenvalue weighted by Gasteiger charge is 2.20. The van der Waals surface area contributed by atoms with Crippen LogP contribution in [-0.2, 0) is 6.42 Å². The highest BCUT2D eigenvalue weighted by Crippen LogP contribution is 2.34. The molecule has 0 saturated carbocycles. The Balaban J connectivity index is 1.31. The van der Waals surface area contributed by atoms with Crippen molar-refractivity contribution in [3.63, 3.8) is 0 Å². The van der Waals surface area contributed by atoms with Gasteiger partial charge >= 0.3 is 6.03 Å². The number of carbonyl (C=O) groups is 2. The van der Waals surface area contributed by atoms with Gasteiger partial charge in [0.15, 0.2) is 28.7 Å². The summed E-state index contributed by atoms with van der Waals surface area (Å²) in [5, 5.41) is 5.23. The number of hydrogen-bond donors (Lipinski definition) is 4. The summed E-state index contributed by atoms with van der Waals surface area (Å²) in [5.41, 5.74) is 6.72. The second-order valence-corrected chi connectivity index (χ2v) is 6.78. The molecule has 0 unspecified atom stereocenters. The van der Waals surface area contributed by atoms with Crippen LogP contribution in [0, 0.1) is 0 Å². The van der Waals surface area contributed by atoms with E-state index in [0.29, 0.717) is 40.9 Å². The van der Waals surface area contributed by atoms with Crippen LogP contribution in [0.2, 0.25) is 0 Å². The summed E-state index contributed by atoms with van der Waals surface area (Å²) < 4.78 is 21.2. The van der Waals surface area contributed by atoms with Crippen molar-refractivity contribution in [2.24, 2.45) is 5.73 Å². The van der Waals surface area contributed by atoms with Gasteiger partial charge in [0.1, 0.15) is 11.6 Å². The van der Waals surface area contributed by atoms with E-state index in [4.69, 9.17) is 24.7 Å². The van der Waals surface area contributed by atoms with Gasteiger partial charge in [0.25, 0.3) is 5.91 Å². The summed E-state index contributed by atoms with van der Waals surface area (Å²) in [6.07, 6.45) is 0.363. The first kappa shape index (κ1) is 18.6. The fourth-order valence-corrected chi connectivity index (χ4v) is 3.27. The van der Waals surface area contributed by atoms with E-state index in [1.807, 2.05) is 12.1 Å². The van der Waals surface area contributed by atoms with Gasteiger partial charge in [-0.2, -0.15) is 0 Å². The van der Waals surface area contributed by atoms with Crippen LogP contribution >= 0.6 is 0 Å². The number of rotatable bonds is 5.